The fourth-order valence-corrected chi connectivity index (χ4v) is 4.23. The van der Waals surface area contributed by atoms with Crippen LogP contribution in [0.5, 0.6) is 11.5 Å². The lowest BCUT2D eigenvalue weighted by Crippen LogP contribution is -2.41. The Hall–Kier alpha value is -3.01. The molecule has 0 amide bonds. The molecule has 4 rings (SSSR count). The van der Waals surface area contributed by atoms with Crippen molar-refractivity contribution >= 4 is 27.5 Å². The number of piperidine rings is 1. The van der Waals surface area contributed by atoms with Gasteiger partial charge < -0.3 is 19.9 Å². The minimum Gasteiger partial charge on any atom is -0.457 e. The lowest BCUT2D eigenvalue weighted by molar-refractivity contribution is 0.236. The molecule has 1 aliphatic rings. The van der Waals surface area contributed by atoms with E-state index in [-0.39, 0.29) is 11.4 Å². The molecule has 7 nitrogen and oxygen atoms in total. The van der Waals surface area contributed by atoms with E-state index in [0.29, 0.717) is 35.6 Å². The van der Waals surface area contributed by atoms with Crippen LogP contribution in [-0.2, 0) is 0 Å². The molecule has 2 aromatic carbocycles. The molecule has 0 radical (unpaired) electrons. The van der Waals surface area contributed by atoms with Crippen LogP contribution in [0.3, 0.4) is 0 Å². The lowest BCUT2D eigenvalue weighted by Gasteiger charge is -2.29. The molecular formula is C26H29BrFN5O2. The number of nitrogens with zero attached hydrogens (tertiary/aromatic N) is 2. The molecular weight excluding hydrogens is 513 g/mol. The van der Waals surface area contributed by atoms with Gasteiger partial charge in [-0.2, -0.15) is 0 Å². The summed E-state index contributed by atoms with van der Waals surface area (Å²) >= 11 is 3.50. The number of aliphatic imine (C=N–C) groups is 1. The van der Waals surface area contributed by atoms with Crippen LogP contribution < -0.4 is 20.9 Å². The Labute approximate surface area is 212 Å². The third kappa shape index (κ3) is 6.78. The molecule has 2 heterocycles. The van der Waals surface area contributed by atoms with E-state index in [9.17, 15) is 9.18 Å². The zero-order valence-corrected chi connectivity index (χ0v) is 21.4. The highest BCUT2D eigenvalue weighted by Crippen LogP contribution is 2.24. The Balaban J connectivity index is 1.51. The second kappa shape index (κ2) is 11.6. The van der Waals surface area contributed by atoms with Gasteiger partial charge >= 0.3 is 0 Å². The van der Waals surface area contributed by atoms with E-state index in [1.54, 1.807) is 30.5 Å². The summed E-state index contributed by atoms with van der Waals surface area (Å²) in [5.74, 6) is 1.33. The molecule has 1 fully saturated rings. The lowest BCUT2D eigenvalue weighted by atomic mass is 10.1. The van der Waals surface area contributed by atoms with Gasteiger partial charge in [0.25, 0.3) is 5.56 Å². The zero-order chi connectivity index (χ0) is 24.8. The van der Waals surface area contributed by atoms with Crippen molar-refractivity contribution in [3.8, 4) is 11.5 Å². The molecule has 9 heteroatoms. The van der Waals surface area contributed by atoms with Crippen LogP contribution in [0.4, 0.5) is 10.1 Å². The van der Waals surface area contributed by atoms with Crippen LogP contribution in [0.2, 0.25) is 0 Å². The van der Waals surface area contributed by atoms with Crippen molar-refractivity contribution in [2.45, 2.75) is 25.8 Å². The average molecular weight is 542 g/mol. The predicted octanol–water partition coefficient (Wildman–Crippen LogP) is 4.88. The Kier molecular flexibility index (Phi) is 8.33. The second-order valence-electron chi connectivity index (χ2n) is 8.62. The van der Waals surface area contributed by atoms with Gasteiger partial charge in [0.05, 0.1) is 12.2 Å². The van der Waals surface area contributed by atoms with Gasteiger partial charge in [0.15, 0.2) is 0 Å². The highest BCUT2D eigenvalue weighted by Gasteiger charge is 2.17. The number of anilines is 1. The van der Waals surface area contributed by atoms with Crippen LogP contribution in [-0.4, -0.2) is 48.6 Å². The molecule has 0 aliphatic carbocycles. The summed E-state index contributed by atoms with van der Waals surface area (Å²) in [7, 11) is 2.13. The zero-order valence-electron chi connectivity index (χ0n) is 19.8. The molecule has 1 aromatic heterocycles. The molecule has 1 saturated heterocycles. The molecule has 3 N–H and O–H groups in total. The van der Waals surface area contributed by atoms with E-state index in [1.165, 1.54) is 12.1 Å². The Morgan fingerprint density at radius 3 is 2.43 bits per heavy atom. The number of amidine groups is 1. The van der Waals surface area contributed by atoms with Gasteiger partial charge in [-0.25, -0.2) is 4.39 Å². The van der Waals surface area contributed by atoms with Crippen molar-refractivity contribution in [1.29, 1.82) is 0 Å². The summed E-state index contributed by atoms with van der Waals surface area (Å²) in [5.41, 5.74) is 1.83. The Morgan fingerprint density at radius 1 is 1.14 bits per heavy atom. The van der Waals surface area contributed by atoms with Crippen molar-refractivity contribution in [3.63, 3.8) is 0 Å². The monoisotopic (exact) mass is 541 g/mol. The topological polar surface area (TPSA) is 81.8 Å². The molecule has 0 bridgehead atoms. The van der Waals surface area contributed by atoms with Crippen LogP contribution in [0, 0.1) is 12.7 Å². The molecule has 0 atom stereocenters. The number of aromatic nitrogens is 1. The Morgan fingerprint density at radius 2 is 1.77 bits per heavy atom. The smallest absolute Gasteiger partial charge is 0.259 e. The first kappa shape index (κ1) is 25.1. The number of hydrogen-bond donors (Lipinski definition) is 3. The number of aromatic amines is 1. The molecule has 0 unspecified atom stereocenters. The van der Waals surface area contributed by atoms with Crippen molar-refractivity contribution in [3.05, 3.63) is 86.5 Å². The van der Waals surface area contributed by atoms with Gasteiger partial charge in [-0.3, -0.25) is 15.1 Å². The number of pyridine rings is 1. The average Bonchev–Trinajstić information content (AvgIpc) is 2.85. The van der Waals surface area contributed by atoms with Crippen LogP contribution in [0.25, 0.3) is 0 Å². The van der Waals surface area contributed by atoms with Crippen LogP contribution >= 0.6 is 15.9 Å². The summed E-state index contributed by atoms with van der Waals surface area (Å²) in [5, 5.41) is 6.80. The van der Waals surface area contributed by atoms with Crippen molar-refractivity contribution < 1.29 is 9.13 Å². The molecule has 184 valence electrons. The van der Waals surface area contributed by atoms with E-state index >= 15 is 0 Å². The number of H-pyrrole nitrogens is 1. The SMILES string of the molecule is Cc1c(Br)c[nH]c(=O)c1/C(=N\CNC1CCN(C)CC1)Nc1ccc(Oc2ccc(F)cc2)cc1. The van der Waals surface area contributed by atoms with Crippen molar-refractivity contribution in [2.75, 3.05) is 32.1 Å². The van der Waals surface area contributed by atoms with E-state index in [1.807, 2.05) is 19.1 Å². The van der Waals surface area contributed by atoms with E-state index < -0.39 is 0 Å². The van der Waals surface area contributed by atoms with Gasteiger partial charge in [-0.15, -0.1) is 0 Å². The summed E-state index contributed by atoms with van der Waals surface area (Å²) in [6, 6.07) is 13.6. The number of benzene rings is 2. The fourth-order valence-electron chi connectivity index (χ4n) is 3.91. The number of ether oxygens (including phenoxy) is 1. The van der Waals surface area contributed by atoms with E-state index in [2.05, 4.69) is 43.5 Å². The van der Waals surface area contributed by atoms with Gasteiger partial charge in [-0.1, -0.05) is 0 Å². The number of hydrogen-bond acceptors (Lipinski definition) is 5. The van der Waals surface area contributed by atoms with Gasteiger partial charge in [0, 0.05) is 22.4 Å². The minimum atomic E-state index is -0.313. The number of nitrogens with one attached hydrogen (secondary N) is 3. The maximum atomic E-state index is 13.1. The summed E-state index contributed by atoms with van der Waals surface area (Å²) < 4.78 is 19.7. The maximum Gasteiger partial charge on any atom is 0.259 e. The normalized spacial score (nSPS) is 15.3. The van der Waals surface area contributed by atoms with Gasteiger partial charge in [-0.05, 0) is 110 Å². The third-order valence-corrected chi connectivity index (χ3v) is 6.85. The summed E-state index contributed by atoms with van der Waals surface area (Å²) in [4.78, 5) is 22.6. The van der Waals surface area contributed by atoms with Crippen molar-refractivity contribution in [1.82, 2.24) is 15.2 Å². The predicted molar refractivity (Wildman–Crippen MR) is 141 cm³/mol. The van der Waals surface area contributed by atoms with Crippen LogP contribution in [0.15, 0.2) is 69.0 Å². The van der Waals surface area contributed by atoms with Crippen LogP contribution in [0.1, 0.15) is 24.0 Å². The maximum absolute atomic E-state index is 13.1. The highest BCUT2D eigenvalue weighted by atomic mass is 79.9. The molecule has 0 spiro atoms. The van der Waals surface area contributed by atoms with Crippen molar-refractivity contribution in [2.24, 2.45) is 4.99 Å². The first-order valence-corrected chi connectivity index (χ1v) is 12.3. The summed E-state index contributed by atoms with van der Waals surface area (Å²) in [6.45, 7) is 4.40. The standard InChI is InChI=1S/C26H29BrFN5O2/c1-17-23(27)15-29-26(34)24(17)25(31-16-30-19-11-13-33(2)14-12-19)32-20-5-9-22(10-6-20)35-21-7-3-18(28)4-8-21/h3-10,15,19,30H,11-14,16H2,1-2H3,(H,29,34)(H,31,32). The largest absolute Gasteiger partial charge is 0.457 e. The third-order valence-electron chi connectivity index (χ3n) is 6.03. The fraction of sp³-hybridized carbons (Fsp3) is 0.308. The summed E-state index contributed by atoms with van der Waals surface area (Å²) in [6.07, 6.45) is 3.78. The van der Waals surface area contributed by atoms with Gasteiger partial charge in [0.1, 0.15) is 23.2 Å². The first-order chi connectivity index (χ1) is 16.9. The van der Waals surface area contributed by atoms with E-state index in [0.717, 1.165) is 41.7 Å². The second-order valence-corrected chi connectivity index (χ2v) is 9.47. The van der Waals surface area contributed by atoms with Gasteiger partial charge in [0.2, 0.25) is 0 Å². The first-order valence-electron chi connectivity index (χ1n) is 11.5. The molecule has 35 heavy (non-hydrogen) atoms. The number of halogens is 2. The molecule has 0 saturated carbocycles. The van der Waals surface area contributed by atoms with E-state index in [4.69, 9.17) is 9.73 Å². The minimum absolute atomic E-state index is 0.215. The highest BCUT2D eigenvalue weighted by molar-refractivity contribution is 9.10. The molecule has 1 aliphatic heterocycles. The Bertz CT molecular complexity index is 1220. The number of likely N-dealkylation sites (tertiary alicyclic amines) is 1. The molecule has 3 aromatic rings. The quantitative estimate of drug-likeness (QED) is 0.293. The number of rotatable bonds is 7.